The molecule has 1 N–H and O–H groups in total. The molecular formula is C23H30N2O3S. The number of carbonyl (C=O) groups excluding carboxylic acids is 2. The quantitative estimate of drug-likeness (QED) is 0.643. The number of carbonyl (C=O) groups is 2. The van der Waals surface area contributed by atoms with Crippen LogP contribution in [0.5, 0.6) is 5.75 Å². The van der Waals surface area contributed by atoms with Gasteiger partial charge in [-0.1, -0.05) is 48.9 Å². The van der Waals surface area contributed by atoms with Gasteiger partial charge in [-0.05, 0) is 36.6 Å². The van der Waals surface area contributed by atoms with Crippen molar-refractivity contribution >= 4 is 23.6 Å². The van der Waals surface area contributed by atoms with Gasteiger partial charge >= 0.3 is 0 Å². The lowest BCUT2D eigenvalue weighted by atomic mass is 10.1. The smallest absolute Gasteiger partial charge is 0.242 e. The number of ether oxygens (including phenoxy) is 1. The summed E-state index contributed by atoms with van der Waals surface area (Å²) in [7, 11) is 3.25. The zero-order valence-electron chi connectivity index (χ0n) is 17.6. The van der Waals surface area contributed by atoms with Gasteiger partial charge in [-0.25, -0.2) is 0 Å². The standard InChI is InChI=1S/C23H30N2O3S/c1-5-21(23(27)24-3)25(14-19-8-6-7-17(2)13-19)22(26)16-29-15-18-9-11-20(28-4)12-10-18/h6-13,21H,5,14-16H2,1-4H3,(H,24,27). The number of nitrogens with one attached hydrogen (secondary N) is 1. The Balaban J connectivity index is 2.07. The van der Waals surface area contributed by atoms with Crippen LogP contribution in [0, 0.1) is 6.92 Å². The Kier molecular flexibility index (Phi) is 9.06. The Morgan fingerprint density at radius 3 is 2.45 bits per heavy atom. The number of hydrogen-bond donors (Lipinski definition) is 1. The molecule has 2 aromatic rings. The Morgan fingerprint density at radius 1 is 1.14 bits per heavy atom. The van der Waals surface area contributed by atoms with Crippen LogP contribution in [0.1, 0.15) is 30.0 Å². The van der Waals surface area contributed by atoms with E-state index in [1.807, 2.05) is 56.3 Å². The van der Waals surface area contributed by atoms with Crippen LogP contribution >= 0.6 is 11.8 Å². The number of methoxy groups -OCH3 is 1. The zero-order valence-corrected chi connectivity index (χ0v) is 18.4. The Hall–Kier alpha value is -2.47. The number of nitrogens with zero attached hydrogens (tertiary/aromatic N) is 1. The van der Waals surface area contributed by atoms with Gasteiger partial charge in [0.2, 0.25) is 11.8 Å². The molecule has 0 aliphatic rings. The van der Waals surface area contributed by atoms with Gasteiger partial charge in [0.05, 0.1) is 12.9 Å². The average molecular weight is 415 g/mol. The molecule has 2 aromatic carbocycles. The highest BCUT2D eigenvalue weighted by Crippen LogP contribution is 2.19. The monoisotopic (exact) mass is 414 g/mol. The number of hydrogen-bond acceptors (Lipinski definition) is 4. The van der Waals surface area contributed by atoms with Crippen LogP contribution in [0.25, 0.3) is 0 Å². The second-order valence-corrected chi connectivity index (χ2v) is 7.88. The minimum Gasteiger partial charge on any atom is -0.497 e. The molecule has 0 bridgehead atoms. The molecule has 5 nitrogen and oxygen atoms in total. The lowest BCUT2D eigenvalue weighted by molar-refractivity contribution is -0.139. The van der Waals surface area contributed by atoms with E-state index in [-0.39, 0.29) is 11.8 Å². The van der Waals surface area contributed by atoms with Gasteiger partial charge in [-0.3, -0.25) is 9.59 Å². The van der Waals surface area contributed by atoms with E-state index in [0.717, 1.165) is 28.2 Å². The minimum absolute atomic E-state index is 0.0273. The van der Waals surface area contributed by atoms with Crippen molar-refractivity contribution in [1.82, 2.24) is 10.2 Å². The first-order chi connectivity index (χ1) is 14.0. The van der Waals surface area contributed by atoms with E-state index in [2.05, 4.69) is 11.4 Å². The van der Waals surface area contributed by atoms with Crippen molar-refractivity contribution in [3.05, 3.63) is 65.2 Å². The fraction of sp³-hybridized carbons (Fsp3) is 0.391. The van der Waals surface area contributed by atoms with Crippen molar-refractivity contribution in [2.45, 2.75) is 38.6 Å². The fourth-order valence-corrected chi connectivity index (χ4v) is 4.02. The van der Waals surface area contributed by atoms with E-state index >= 15 is 0 Å². The van der Waals surface area contributed by atoms with E-state index < -0.39 is 6.04 Å². The van der Waals surface area contributed by atoms with Crippen molar-refractivity contribution in [2.24, 2.45) is 0 Å². The number of benzene rings is 2. The zero-order chi connectivity index (χ0) is 21.2. The average Bonchev–Trinajstić information content (AvgIpc) is 2.73. The molecule has 0 aliphatic heterocycles. The van der Waals surface area contributed by atoms with Crippen LogP contribution in [-0.2, 0) is 21.9 Å². The van der Waals surface area contributed by atoms with Gasteiger partial charge in [0.25, 0.3) is 0 Å². The minimum atomic E-state index is -0.477. The molecule has 0 aliphatic carbocycles. The summed E-state index contributed by atoms with van der Waals surface area (Å²) < 4.78 is 5.17. The third kappa shape index (κ3) is 6.82. The van der Waals surface area contributed by atoms with Gasteiger partial charge in [0.1, 0.15) is 11.8 Å². The Bertz CT molecular complexity index is 808. The van der Waals surface area contributed by atoms with E-state index in [4.69, 9.17) is 4.74 Å². The van der Waals surface area contributed by atoms with E-state index in [0.29, 0.717) is 18.7 Å². The first-order valence-electron chi connectivity index (χ1n) is 9.75. The predicted molar refractivity (Wildman–Crippen MR) is 119 cm³/mol. The van der Waals surface area contributed by atoms with Crippen molar-refractivity contribution in [2.75, 3.05) is 19.9 Å². The SMILES string of the molecule is CCC(C(=O)NC)N(Cc1cccc(C)c1)C(=O)CSCc1ccc(OC)cc1. The third-order valence-electron chi connectivity index (χ3n) is 4.72. The van der Waals surface area contributed by atoms with Gasteiger partial charge in [-0.15, -0.1) is 11.8 Å². The molecule has 0 spiro atoms. The van der Waals surface area contributed by atoms with Crippen molar-refractivity contribution in [3.63, 3.8) is 0 Å². The summed E-state index contributed by atoms with van der Waals surface area (Å²) in [4.78, 5) is 27.1. The fourth-order valence-electron chi connectivity index (χ4n) is 3.15. The summed E-state index contributed by atoms with van der Waals surface area (Å²) in [6.07, 6.45) is 0.570. The molecule has 0 heterocycles. The molecule has 1 atom stereocenters. The lowest BCUT2D eigenvalue weighted by Gasteiger charge is -2.30. The predicted octanol–water partition coefficient (Wildman–Crippen LogP) is 3.79. The molecule has 0 fully saturated rings. The van der Waals surface area contributed by atoms with Gasteiger partial charge in [-0.2, -0.15) is 0 Å². The van der Waals surface area contributed by atoms with E-state index in [1.165, 1.54) is 0 Å². The van der Waals surface area contributed by atoms with Crippen LogP contribution in [0.3, 0.4) is 0 Å². The molecule has 2 amide bonds. The topological polar surface area (TPSA) is 58.6 Å². The number of likely N-dealkylation sites (N-methyl/N-ethyl adjacent to an activating group) is 1. The molecule has 156 valence electrons. The van der Waals surface area contributed by atoms with Gasteiger partial charge in [0, 0.05) is 19.3 Å². The summed E-state index contributed by atoms with van der Waals surface area (Å²) in [5.41, 5.74) is 3.30. The summed E-state index contributed by atoms with van der Waals surface area (Å²) >= 11 is 1.55. The largest absolute Gasteiger partial charge is 0.497 e. The molecule has 0 saturated carbocycles. The van der Waals surface area contributed by atoms with Crippen molar-refractivity contribution in [1.29, 1.82) is 0 Å². The third-order valence-corrected chi connectivity index (χ3v) is 5.71. The second-order valence-electron chi connectivity index (χ2n) is 6.89. The van der Waals surface area contributed by atoms with Gasteiger partial charge < -0.3 is 15.0 Å². The summed E-state index contributed by atoms with van der Waals surface area (Å²) in [6.45, 7) is 4.38. The maximum absolute atomic E-state index is 13.0. The molecule has 0 radical (unpaired) electrons. The molecule has 2 rings (SSSR count). The number of aryl methyl sites for hydroxylation is 1. The van der Waals surface area contributed by atoms with Crippen LogP contribution in [0.2, 0.25) is 0 Å². The number of amides is 2. The van der Waals surface area contributed by atoms with Gasteiger partial charge in [0.15, 0.2) is 0 Å². The molecule has 1 unspecified atom stereocenters. The van der Waals surface area contributed by atoms with Crippen LogP contribution in [-0.4, -0.2) is 42.7 Å². The maximum atomic E-state index is 13.0. The normalized spacial score (nSPS) is 11.6. The Labute approximate surface area is 177 Å². The number of thioether (sulfide) groups is 1. The number of rotatable bonds is 10. The highest BCUT2D eigenvalue weighted by molar-refractivity contribution is 7.99. The van der Waals surface area contributed by atoms with Crippen LogP contribution in [0.15, 0.2) is 48.5 Å². The summed E-state index contributed by atoms with van der Waals surface area (Å²) in [5, 5.41) is 2.69. The van der Waals surface area contributed by atoms with Crippen molar-refractivity contribution in [3.8, 4) is 5.75 Å². The Morgan fingerprint density at radius 2 is 1.86 bits per heavy atom. The first kappa shape index (κ1) is 22.8. The molecular weight excluding hydrogens is 384 g/mol. The first-order valence-corrected chi connectivity index (χ1v) is 10.9. The van der Waals surface area contributed by atoms with Crippen LogP contribution in [0.4, 0.5) is 0 Å². The summed E-state index contributed by atoms with van der Waals surface area (Å²) in [6, 6.07) is 15.4. The second kappa shape index (κ2) is 11.5. The molecule has 0 aromatic heterocycles. The maximum Gasteiger partial charge on any atom is 0.242 e. The molecule has 29 heavy (non-hydrogen) atoms. The highest BCUT2D eigenvalue weighted by Gasteiger charge is 2.27. The molecule has 0 saturated heterocycles. The molecule has 6 heteroatoms. The summed E-state index contributed by atoms with van der Waals surface area (Å²) in [5.74, 6) is 1.71. The van der Waals surface area contributed by atoms with E-state index in [1.54, 1.807) is 30.8 Å². The van der Waals surface area contributed by atoms with Crippen LogP contribution < -0.4 is 10.1 Å². The van der Waals surface area contributed by atoms with E-state index in [9.17, 15) is 9.59 Å². The highest BCUT2D eigenvalue weighted by atomic mass is 32.2. The van der Waals surface area contributed by atoms with Crippen molar-refractivity contribution < 1.29 is 14.3 Å². The lowest BCUT2D eigenvalue weighted by Crippen LogP contribution is -2.48.